The number of nitrogens with zero attached hydrogens (tertiary/aromatic N) is 2. The van der Waals surface area contributed by atoms with Gasteiger partial charge < -0.3 is 20.2 Å². The summed E-state index contributed by atoms with van der Waals surface area (Å²) in [5.74, 6) is 1.16. The number of nitrogens with two attached hydrogens (primary N) is 1. The molecule has 3 heterocycles. The number of amides is 2. The van der Waals surface area contributed by atoms with Crippen LogP contribution in [0.2, 0.25) is 0 Å². The second-order valence-corrected chi connectivity index (χ2v) is 6.32. The Morgan fingerprint density at radius 2 is 2.26 bits per heavy atom. The van der Waals surface area contributed by atoms with Gasteiger partial charge in [-0.3, -0.25) is 9.59 Å². The van der Waals surface area contributed by atoms with E-state index < -0.39 is 5.91 Å². The molecule has 27 heavy (non-hydrogen) atoms. The van der Waals surface area contributed by atoms with Crippen molar-refractivity contribution in [2.24, 2.45) is 5.73 Å². The zero-order valence-electron chi connectivity index (χ0n) is 14.4. The van der Waals surface area contributed by atoms with Crippen molar-refractivity contribution in [3.8, 4) is 5.75 Å². The van der Waals surface area contributed by atoms with Crippen LogP contribution in [0.3, 0.4) is 0 Å². The number of anilines is 1. The number of ether oxygens (including phenoxy) is 1. The van der Waals surface area contributed by atoms with Gasteiger partial charge in [0, 0.05) is 17.9 Å². The number of furan rings is 1. The summed E-state index contributed by atoms with van der Waals surface area (Å²) in [6, 6.07) is 11.0. The molecule has 0 aliphatic carbocycles. The lowest BCUT2D eigenvalue weighted by Crippen LogP contribution is -2.25. The highest BCUT2D eigenvalue weighted by atomic mass is 16.5. The Hall–Kier alpha value is -3.55. The summed E-state index contributed by atoms with van der Waals surface area (Å²) in [5, 5.41) is 7.32. The number of rotatable bonds is 6. The van der Waals surface area contributed by atoms with Crippen LogP contribution in [0.4, 0.5) is 5.82 Å². The summed E-state index contributed by atoms with van der Waals surface area (Å²) in [6.45, 7) is 0.234. The zero-order valence-corrected chi connectivity index (χ0v) is 14.4. The van der Waals surface area contributed by atoms with Crippen molar-refractivity contribution >= 4 is 17.6 Å². The van der Waals surface area contributed by atoms with E-state index in [1.54, 1.807) is 23.2 Å². The van der Waals surface area contributed by atoms with Gasteiger partial charge in [-0.2, -0.15) is 5.10 Å². The number of aromatic nitrogens is 2. The Kier molecular flexibility index (Phi) is 4.37. The first-order chi connectivity index (χ1) is 13.1. The fraction of sp³-hybridized carbons (Fsp3) is 0.211. The highest BCUT2D eigenvalue weighted by Crippen LogP contribution is 2.38. The van der Waals surface area contributed by atoms with Crippen molar-refractivity contribution in [1.29, 1.82) is 0 Å². The number of carbonyl (C=O) groups is 2. The van der Waals surface area contributed by atoms with Crippen LogP contribution in [0.5, 0.6) is 5.75 Å². The smallest absolute Gasteiger partial charge is 0.255 e. The van der Waals surface area contributed by atoms with E-state index in [1.807, 2.05) is 30.3 Å². The maximum Gasteiger partial charge on any atom is 0.255 e. The van der Waals surface area contributed by atoms with E-state index in [1.165, 1.54) is 0 Å². The molecule has 1 aliphatic rings. The molecular formula is C19H18N4O4. The Labute approximate surface area is 154 Å². The maximum absolute atomic E-state index is 12.3. The van der Waals surface area contributed by atoms with Gasteiger partial charge in [-0.1, -0.05) is 12.1 Å². The fourth-order valence-electron chi connectivity index (χ4n) is 3.21. The second kappa shape index (κ2) is 6.99. The topological polar surface area (TPSA) is 112 Å². The van der Waals surface area contributed by atoms with E-state index >= 15 is 0 Å². The quantitative estimate of drug-likeness (QED) is 0.691. The van der Waals surface area contributed by atoms with Crippen LogP contribution in [-0.4, -0.2) is 28.2 Å². The fourth-order valence-corrected chi connectivity index (χ4v) is 3.21. The van der Waals surface area contributed by atoms with E-state index in [0.29, 0.717) is 24.5 Å². The van der Waals surface area contributed by atoms with Crippen molar-refractivity contribution in [3.05, 3.63) is 65.7 Å². The summed E-state index contributed by atoms with van der Waals surface area (Å²) in [6.07, 6.45) is 3.67. The standard InChI is InChI=1S/C19H18N4O4/c20-17(24)11-27-13-4-1-3-12(7-13)15-8-18(25)22-19-16(15)9-21-23(19)10-14-5-2-6-26-14/h1-7,9,15H,8,10-11H2,(H2,20,24)(H,22,25). The highest BCUT2D eigenvalue weighted by Gasteiger charge is 2.30. The van der Waals surface area contributed by atoms with Gasteiger partial charge in [-0.15, -0.1) is 0 Å². The molecule has 1 unspecified atom stereocenters. The predicted octanol–water partition coefficient (Wildman–Crippen LogP) is 1.86. The molecule has 138 valence electrons. The van der Waals surface area contributed by atoms with Gasteiger partial charge in [0.2, 0.25) is 5.91 Å². The van der Waals surface area contributed by atoms with E-state index in [9.17, 15) is 9.59 Å². The molecule has 0 saturated carbocycles. The molecule has 8 heteroatoms. The molecule has 0 radical (unpaired) electrons. The average Bonchev–Trinajstić information content (AvgIpc) is 3.30. The Bertz CT molecular complexity index is 978. The van der Waals surface area contributed by atoms with Crippen LogP contribution in [0.25, 0.3) is 0 Å². The van der Waals surface area contributed by atoms with Gasteiger partial charge >= 0.3 is 0 Å². The van der Waals surface area contributed by atoms with Gasteiger partial charge in [0.1, 0.15) is 23.9 Å². The molecule has 0 spiro atoms. The van der Waals surface area contributed by atoms with Crippen LogP contribution in [-0.2, 0) is 16.1 Å². The second-order valence-electron chi connectivity index (χ2n) is 6.32. The summed E-state index contributed by atoms with van der Waals surface area (Å²) < 4.78 is 12.5. The van der Waals surface area contributed by atoms with Crippen molar-refractivity contribution in [2.75, 3.05) is 11.9 Å². The van der Waals surface area contributed by atoms with Crippen molar-refractivity contribution < 1.29 is 18.7 Å². The largest absolute Gasteiger partial charge is 0.484 e. The SMILES string of the molecule is NC(=O)COc1cccc(C2CC(=O)Nc3c2cnn3Cc2ccco2)c1. The molecule has 0 bridgehead atoms. The van der Waals surface area contributed by atoms with Crippen molar-refractivity contribution in [3.63, 3.8) is 0 Å². The monoisotopic (exact) mass is 366 g/mol. The third-order valence-electron chi connectivity index (χ3n) is 4.42. The molecule has 8 nitrogen and oxygen atoms in total. The van der Waals surface area contributed by atoms with E-state index in [0.717, 1.165) is 16.9 Å². The van der Waals surface area contributed by atoms with Crippen molar-refractivity contribution in [1.82, 2.24) is 9.78 Å². The number of carbonyl (C=O) groups excluding carboxylic acids is 2. The normalized spacial score (nSPS) is 15.9. The summed E-state index contributed by atoms with van der Waals surface area (Å²) in [4.78, 5) is 23.2. The molecule has 1 atom stereocenters. The number of primary amides is 1. The van der Waals surface area contributed by atoms with Crippen molar-refractivity contribution in [2.45, 2.75) is 18.9 Å². The van der Waals surface area contributed by atoms with Gasteiger partial charge in [0.15, 0.2) is 6.61 Å². The maximum atomic E-state index is 12.3. The molecule has 4 rings (SSSR count). The lowest BCUT2D eigenvalue weighted by atomic mass is 9.87. The number of benzene rings is 1. The lowest BCUT2D eigenvalue weighted by molar-refractivity contribution is -0.120. The number of fused-ring (bicyclic) bond motifs is 1. The summed E-state index contributed by atoms with van der Waals surface area (Å²) in [5.41, 5.74) is 6.96. The number of hydrogen-bond donors (Lipinski definition) is 2. The molecule has 3 N–H and O–H groups in total. The molecule has 2 aromatic heterocycles. The van der Waals surface area contributed by atoms with Gasteiger partial charge in [0.25, 0.3) is 5.91 Å². The average molecular weight is 366 g/mol. The van der Waals surface area contributed by atoms with Crippen LogP contribution in [0, 0.1) is 0 Å². The van der Waals surface area contributed by atoms with Crippen LogP contribution < -0.4 is 15.8 Å². The van der Waals surface area contributed by atoms with E-state index in [-0.39, 0.29) is 18.4 Å². The predicted molar refractivity (Wildman–Crippen MR) is 96.3 cm³/mol. The third kappa shape index (κ3) is 3.55. The minimum Gasteiger partial charge on any atom is -0.484 e. The molecule has 3 aromatic rings. The van der Waals surface area contributed by atoms with Gasteiger partial charge in [-0.05, 0) is 29.8 Å². The third-order valence-corrected chi connectivity index (χ3v) is 4.42. The zero-order chi connectivity index (χ0) is 18.8. The summed E-state index contributed by atoms with van der Waals surface area (Å²) in [7, 11) is 0. The Morgan fingerprint density at radius 3 is 3.04 bits per heavy atom. The molecule has 2 amide bonds. The minimum absolute atomic E-state index is 0.0860. The van der Waals surface area contributed by atoms with Gasteiger partial charge in [-0.25, -0.2) is 4.68 Å². The Morgan fingerprint density at radius 1 is 1.37 bits per heavy atom. The van der Waals surface area contributed by atoms with E-state index in [2.05, 4.69) is 10.4 Å². The van der Waals surface area contributed by atoms with Crippen LogP contribution in [0.1, 0.15) is 29.2 Å². The first-order valence-corrected chi connectivity index (χ1v) is 8.49. The van der Waals surface area contributed by atoms with Crippen LogP contribution in [0.15, 0.2) is 53.3 Å². The van der Waals surface area contributed by atoms with E-state index in [4.69, 9.17) is 14.9 Å². The Balaban J connectivity index is 1.64. The molecule has 0 fully saturated rings. The summed E-state index contributed by atoms with van der Waals surface area (Å²) >= 11 is 0. The van der Waals surface area contributed by atoms with Crippen LogP contribution >= 0.6 is 0 Å². The van der Waals surface area contributed by atoms with Gasteiger partial charge in [0.05, 0.1) is 12.5 Å². The molecule has 0 saturated heterocycles. The number of nitrogens with one attached hydrogen (secondary N) is 1. The first kappa shape index (κ1) is 16.9. The number of hydrogen-bond acceptors (Lipinski definition) is 5. The lowest BCUT2D eigenvalue weighted by Gasteiger charge is -2.24. The highest BCUT2D eigenvalue weighted by molar-refractivity contribution is 5.94. The molecular weight excluding hydrogens is 348 g/mol. The molecule has 1 aromatic carbocycles. The molecule has 1 aliphatic heterocycles. The first-order valence-electron chi connectivity index (χ1n) is 8.49. The minimum atomic E-state index is -0.543.